The van der Waals surface area contributed by atoms with E-state index < -0.39 is 17.8 Å². The van der Waals surface area contributed by atoms with E-state index in [0.717, 1.165) is 12.8 Å². The van der Waals surface area contributed by atoms with Crippen LogP contribution in [-0.4, -0.2) is 11.9 Å². The van der Waals surface area contributed by atoms with E-state index >= 15 is 0 Å². The fraction of sp³-hybridized carbons (Fsp3) is 0.333. The highest BCUT2D eigenvalue weighted by Crippen LogP contribution is 2.32. The van der Waals surface area contributed by atoms with Crippen molar-refractivity contribution in [3.63, 3.8) is 0 Å². The number of nitrogens with zero attached hydrogens (tertiary/aromatic N) is 1. The standard InChI is InChI=1S/C12H10BrFN2O/c13-8-2-1-3-9(14)11(8)12(17)16-10(6-15)7-4-5-7/h1-3,7,10H,4-5H2,(H,16,17). The molecule has 0 aromatic heterocycles. The van der Waals surface area contributed by atoms with Gasteiger partial charge in [-0.2, -0.15) is 5.26 Å². The predicted molar refractivity (Wildman–Crippen MR) is 63.7 cm³/mol. The Bertz CT molecular complexity index is 474. The van der Waals surface area contributed by atoms with E-state index in [0.29, 0.717) is 4.47 Å². The first-order valence-electron chi connectivity index (χ1n) is 5.28. The number of halogens is 2. The Morgan fingerprint density at radius 2 is 2.29 bits per heavy atom. The number of carbonyl (C=O) groups excluding carboxylic acids is 1. The van der Waals surface area contributed by atoms with Gasteiger partial charge in [-0.25, -0.2) is 4.39 Å². The van der Waals surface area contributed by atoms with Crippen LogP contribution in [0.4, 0.5) is 4.39 Å². The van der Waals surface area contributed by atoms with Crippen molar-refractivity contribution in [1.29, 1.82) is 5.26 Å². The third kappa shape index (κ3) is 2.64. The van der Waals surface area contributed by atoms with Gasteiger partial charge >= 0.3 is 0 Å². The Hall–Kier alpha value is -1.41. The van der Waals surface area contributed by atoms with Crippen molar-refractivity contribution >= 4 is 21.8 Å². The molecule has 5 heteroatoms. The fourth-order valence-corrected chi connectivity index (χ4v) is 2.14. The van der Waals surface area contributed by atoms with Gasteiger partial charge in [-0.15, -0.1) is 0 Å². The van der Waals surface area contributed by atoms with Gasteiger partial charge in [0.25, 0.3) is 5.91 Å². The molecule has 88 valence electrons. The molecule has 17 heavy (non-hydrogen) atoms. The highest BCUT2D eigenvalue weighted by atomic mass is 79.9. The Kier molecular flexibility index (Phi) is 3.43. The second-order valence-corrected chi connectivity index (χ2v) is 4.87. The number of carbonyl (C=O) groups is 1. The fourth-order valence-electron chi connectivity index (χ4n) is 1.61. The lowest BCUT2D eigenvalue weighted by Gasteiger charge is -2.11. The summed E-state index contributed by atoms with van der Waals surface area (Å²) >= 11 is 3.13. The molecule has 1 aliphatic carbocycles. The van der Waals surface area contributed by atoms with Crippen molar-refractivity contribution in [3.8, 4) is 6.07 Å². The largest absolute Gasteiger partial charge is 0.336 e. The van der Waals surface area contributed by atoms with Gasteiger partial charge in [0.15, 0.2) is 0 Å². The Labute approximate surface area is 107 Å². The number of rotatable bonds is 3. The summed E-state index contributed by atoms with van der Waals surface area (Å²) < 4.78 is 13.9. The SMILES string of the molecule is N#CC(NC(=O)c1c(F)cccc1Br)C1CC1. The average Bonchev–Trinajstić information content (AvgIpc) is 3.09. The van der Waals surface area contributed by atoms with Crippen LogP contribution in [0.25, 0.3) is 0 Å². The second-order valence-electron chi connectivity index (χ2n) is 4.01. The molecule has 0 spiro atoms. The van der Waals surface area contributed by atoms with Crippen LogP contribution in [0.15, 0.2) is 22.7 Å². The van der Waals surface area contributed by atoms with Crippen molar-refractivity contribution in [2.45, 2.75) is 18.9 Å². The molecule has 1 unspecified atom stereocenters. The molecule has 3 nitrogen and oxygen atoms in total. The van der Waals surface area contributed by atoms with Crippen LogP contribution in [0.1, 0.15) is 23.2 Å². The molecule has 0 bridgehead atoms. The van der Waals surface area contributed by atoms with Crippen LogP contribution in [-0.2, 0) is 0 Å². The second kappa shape index (κ2) is 4.84. The molecule has 1 saturated carbocycles. The van der Waals surface area contributed by atoms with Crippen LogP contribution in [0, 0.1) is 23.1 Å². The first kappa shape index (κ1) is 12.1. The summed E-state index contributed by atoms with van der Waals surface area (Å²) in [7, 11) is 0. The number of benzene rings is 1. The van der Waals surface area contributed by atoms with E-state index in [9.17, 15) is 9.18 Å². The van der Waals surface area contributed by atoms with Gasteiger partial charge in [0.2, 0.25) is 0 Å². The van der Waals surface area contributed by atoms with E-state index in [-0.39, 0.29) is 11.5 Å². The van der Waals surface area contributed by atoms with E-state index in [4.69, 9.17) is 5.26 Å². The van der Waals surface area contributed by atoms with E-state index in [1.807, 2.05) is 6.07 Å². The van der Waals surface area contributed by atoms with Crippen LogP contribution < -0.4 is 5.32 Å². The van der Waals surface area contributed by atoms with Gasteiger partial charge < -0.3 is 5.32 Å². The molecule has 0 radical (unpaired) electrons. The van der Waals surface area contributed by atoms with Gasteiger partial charge in [0, 0.05) is 4.47 Å². The summed E-state index contributed by atoms with van der Waals surface area (Å²) in [6, 6.07) is 5.84. The summed E-state index contributed by atoms with van der Waals surface area (Å²) in [6.07, 6.45) is 1.88. The van der Waals surface area contributed by atoms with E-state index in [1.54, 1.807) is 6.07 Å². The number of amides is 1. The molecule has 1 aliphatic rings. The molecule has 1 atom stereocenters. The highest BCUT2D eigenvalue weighted by molar-refractivity contribution is 9.10. The lowest BCUT2D eigenvalue weighted by Crippen LogP contribution is -2.35. The number of nitrogens with one attached hydrogen (secondary N) is 1. The van der Waals surface area contributed by atoms with Crippen molar-refractivity contribution in [2.75, 3.05) is 0 Å². The van der Waals surface area contributed by atoms with E-state index in [2.05, 4.69) is 21.2 Å². The van der Waals surface area contributed by atoms with Crippen molar-refractivity contribution in [2.24, 2.45) is 5.92 Å². The van der Waals surface area contributed by atoms with Gasteiger partial charge in [-0.3, -0.25) is 4.79 Å². The van der Waals surface area contributed by atoms with Crippen LogP contribution in [0.2, 0.25) is 0 Å². The minimum Gasteiger partial charge on any atom is -0.336 e. The first-order valence-corrected chi connectivity index (χ1v) is 6.07. The molecule has 0 heterocycles. The summed E-state index contributed by atoms with van der Waals surface area (Å²) in [5, 5.41) is 11.5. The molecule has 1 N–H and O–H groups in total. The molecule has 0 saturated heterocycles. The van der Waals surface area contributed by atoms with Crippen LogP contribution in [0.5, 0.6) is 0 Å². The summed E-state index contributed by atoms with van der Waals surface area (Å²) in [5.74, 6) is -0.924. The predicted octanol–water partition coefficient (Wildman–Crippen LogP) is 2.62. The normalized spacial score (nSPS) is 16.1. The highest BCUT2D eigenvalue weighted by Gasteiger charge is 2.33. The third-order valence-electron chi connectivity index (χ3n) is 2.71. The Morgan fingerprint density at radius 3 is 2.82 bits per heavy atom. The monoisotopic (exact) mass is 296 g/mol. The van der Waals surface area contributed by atoms with Gasteiger partial charge in [-0.1, -0.05) is 6.07 Å². The Balaban J connectivity index is 2.17. The number of hydrogen-bond donors (Lipinski definition) is 1. The maximum Gasteiger partial charge on any atom is 0.256 e. The molecular weight excluding hydrogens is 287 g/mol. The molecule has 0 aliphatic heterocycles. The van der Waals surface area contributed by atoms with Crippen molar-refractivity contribution < 1.29 is 9.18 Å². The summed E-state index contributed by atoms with van der Waals surface area (Å²) in [5.41, 5.74) is -0.0478. The lowest BCUT2D eigenvalue weighted by atomic mass is 10.1. The lowest BCUT2D eigenvalue weighted by molar-refractivity contribution is 0.0937. The topological polar surface area (TPSA) is 52.9 Å². The van der Waals surface area contributed by atoms with Gasteiger partial charge in [-0.05, 0) is 46.8 Å². The van der Waals surface area contributed by atoms with Gasteiger partial charge in [0.1, 0.15) is 11.9 Å². The zero-order chi connectivity index (χ0) is 12.4. The Morgan fingerprint density at radius 1 is 1.59 bits per heavy atom. The smallest absolute Gasteiger partial charge is 0.256 e. The molecular formula is C12H10BrFN2O. The van der Waals surface area contributed by atoms with E-state index in [1.165, 1.54) is 12.1 Å². The maximum atomic E-state index is 13.5. The molecule has 1 fully saturated rings. The average molecular weight is 297 g/mol. The number of hydrogen-bond acceptors (Lipinski definition) is 2. The minimum atomic E-state index is -0.593. The molecule has 1 aromatic carbocycles. The third-order valence-corrected chi connectivity index (χ3v) is 3.37. The van der Waals surface area contributed by atoms with Crippen LogP contribution in [0.3, 0.4) is 0 Å². The molecule has 1 aromatic rings. The zero-order valence-electron chi connectivity index (χ0n) is 8.91. The minimum absolute atomic E-state index is 0.0478. The number of nitriles is 1. The van der Waals surface area contributed by atoms with Crippen molar-refractivity contribution in [1.82, 2.24) is 5.32 Å². The van der Waals surface area contributed by atoms with Crippen LogP contribution >= 0.6 is 15.9 Å². The quantitative estimate of drug-likeness (QED) is 0.932. The molecule has 1 amide bonds. The zero-order valence-corrected chi connectivity index (χ0v) is 10.5. The first-order chi connectivity index (χ1) is 8.13. The molecule has 2 rings (SSSR count). The van der Waals surface area contributed by atoms with Crippen molar-refractivity contribution in [3.05, 3.63) is 34.1 Å². The summed E-state index contributed by atoms with van der Waals surface area (Å²) in [6.45, 7) is 0. The maximum absolute atomic E-state index is 13.5. The summed E-state index contributed by atoms with van der Waals surface area (Å²) in [4.78, 5) is 11.9. The van der Waals surface area contributed by atoms with Gasteiger partial charge in [0.05, 0.1) is 11.6 Å².